The normalized spacial score (nSPS) is 15.3. The lowest BCUT2D eigenvalue weighted by molar-refractivity contribution is -0.274. The van der Waals surface area contributed by atoms with Gasteiger partial charge in [-0.2, -0.15) is 4.99 Å². The molecule has 1 aromatic heterocycles. The van der Waals surface area contributed by atoms with E-state index in [9.17, 15) is 22.8 Å². The number of hydrogen-bond acceptors (Lipinski definition) is 7. The van der Waals surface area contributed by atoms with Gasteiger partial charge < -0.3 is 10.1 Å². The Morgan fingerprint density at radius 2 is 1.74 bits per heavy atom. The Morgan fingerprint density at radius 1 is 1.04 bits per heavy atom. The van der Waals surface area contributed by atoms with Gasteiger partial charge in [-0.25, -0.2) is 14.5 Å². The number of carbonyl (C=O) groups is 2. The molecule has 47 heavy (non-hydrogen) atoms. The van der Waals surface area contributed by atoms with E-state index in [4.69, 9.17) is 0 Å². The van der Waals surface area contributed by atoms with Gasteiger partial charge in [-0.05, 0) is 53.4 Å². The number of hydrogen-bond donors (Lipinski definition) is 2. The molecule has 0 aliphatic carbocycles. The van der Waals surface area contributed by atoms with Crippen LogP contribution in [0.1, 0.15) is 38.8 Å². The van der Waals surface area contributed by atoms with Crippen molar-refractivity contribution in [3.05, 3.63) is 90.3 Å². The minimum absolute atomic E-state index is 0.130. The van der Waals surface area contributed by atoms with Gasteiger partial charge in [0.1, 0.15) is 12.1 Å². The molecule has 3 amide bonds. The van der Waals surface area contributed by atoms with Crippen LogP contribution >= 0.6 is 11.8 Å². The molecule has 14 heteroatoms. The molecule has 5 rings (SSSR count). The predicted molar refractivity (Wildman–Crippen MR) is 176 cm³/mol. The highest BCUT2D eigenvalue weighted by molar-refractivity contribution is 8.15. The molecule has 246 valence electrons. The van der Waals surface area contributed by atoms with Crippen LogP contribution in [0.25, 0.3) is 17.1 Å². The Kier molecular flexibility index (Phi) is 10.0. The van der Waals surface area contributed by atoms with Crippen molar-refractivity contribution in [1.82, 2.24) is 25.4 Å². The van der Waals surface area contributed by atoms with Crippen LogP contribution in [-0.4, -0.2) is 56.7 Å². The molecule has 1 unspecified atom stereocenters. The van der Waals surface area contributed by atoms with Crippen molar-refractivity contribution in [3.63, 3.8) is 0 Å². The Hall–Kier alpha value is -4.69. The molecule has 10 nitrogen and oxygen atoms in total. The molecule has 3 aromatic carbocycles. The minimum atomic E-state index is -4.77. The van der Waals surface area contributed by atoms with Crippen LogP contribution in [0.5, 0.6) is 5.75 Å². The van der Waals surface area contributed by atoms with Gasteiger partial charge in [0.05, 0.1) is 23.3 Å². The topological polar surface area (TPSA) is 114 Å². The molecule has 2 heterocycles. The van der Waals surface area contributed by atoms with E-state index >= 15 is 0 Å². The van der Waals surface area contributed by atoms with Crippen LogP contribution in [0, 0.1) is 0 Å². The third-order valence-electron chi connectivity index (χ3n) is 7.14. The maximum atomic E-state index is 13.1. The number of ether oxygens (including phenoxy) is 1. The first-order chi connectivity index (χ1) is 22.3. The molecule has 0 saturated carbocycles. The van der Waals surface area contributed by atoms with E-state index in [1.165, 1.54) is 51.9 Å². The fraction of sp³-hybridized carbons (Fsp3) is 0.303. The minimum Gasteiger partial charge on any atom is -0.406 e. The van der Waals surface area contributed by atoms with Gasteiger partial charge in [0, 0.05) is 12.0 Å². The van der Waals surface area contributed by atoms with Gasteiger partial charge >= 0.3 is 12.4 Å². The third-order valence-corrected chi connectivity index (χ3v) is 8.07. The van der Waals surface area contributed by atoms with Crippen molar-refractivity contribution in [1.29, 1.82) is 0 Å². The quantitative estimate of drug-likeness (QED) is 0.198. The number of para-hydroxylation sites is 1. The van der Waals surface area contributed by atoms with E-state index in [1.807, 2.05) is 55.5 Å². The number of nitrogens with zero attached hydrogens (tertiary/aromatic N) is 5. The zero-order valence-corrected chi connectivity index (χ0v) is 27.0. The smallest absolute Gasteiger partial charge is 0.406 e. The third kappa shape index (κ3) is 8.57. The predicted octanol–water partition coefficient (Wildman–Crippen LogP) is 6.45. The number of likely N-dealkylation sites (N-methyl/N-ethyl adjacent to an activating group) is 1. The second kappa shape index (κ2) is 14.0. The molecule has 1 saturated heterocycles. The van der Waals surface area contributed by atoms with Crippen LogP contribution < -0.4 is 20.3 Å². The Morgan fingerprint density at radius 3 is 2.40 bits per heavy atom. The van der Waals surface area contributed by atoms with Crippen LogP contribution in [0.4, 0.5) is 23.7 Å². The van der Waals surface area contributed by atoms with E-state index in [2.05, 4.69) is 51.2 Å². The first-order valence-corrected chi connectivity index (χ1v) is 15.8. The molecule has 0 spiro atoms. The van der Waals surface area contributed by atoms with Crippen LogP contribution in [0.3, 0.4) is 0 Å². The van der Waals surface area contributed by atoms with E-state index in [-0.39, 0.29) is 22.8 Å². The summed E-state index contributed by atoms with van der Waals surface area (Å²) in [5.74, 6) is 0.173. The van der Waals surface area contributed by atoms with Crippen molar-refractivity contribution in [3.8, 4) is 22.8 Å². The second-order valence-electron chi connectivity index (χ2n) is 11.7. The first kappa shape index (κ1) is 33.7. The van der Waals surface area contributed by atoms with E-state index in [0.29, 0.717) is 29.6 Å². The number of benzene rings is 3. The molecule has 0 bridgehead atoms. The number of alkyl halides is 3. The SMILES string of the molecule is CCNC(Cc1ccc(-c2ncn(-c3ccc(OC(F)(F)F)cc3)n2)cc1)NC(=O)/N=C1\SCC(=O)N1c1ccccc1C(C)(C)C. The summed E-state index contributed by atoms with van der Waals surface area (Å²) in [5.41, 5.74) is 3.66. The Labute approximate surface area is 274 Å². The number of urea groups is 1. The summed E-state index contributed by atoms with van der Waals surface area (Å²) >= 11 is 1.23. The van der Waals surface area contributed by atoms with Gasteiger partial charge in [0.2, 0.25) is 5.91 Å². The zero-order chi connectivity index (χ0) is 33.8. The molecule has 1 aliphatic rings. The van der Waals surface area contributed by atoms with Crippen LogP contribution in [0.15, 0.2) is 84.1 Å². The molecule has 1 aliphatic heterocycles. The van der Waals surface area contributed by atoms with Crippen molar-refractivity contribution in [2.24, 2.45) is 4.99 Å². The lowest BCUT2D eigenvalue weighted by Gasteiger charge is -2.27. The summed E-state index contributed by atoms with van der Waals surface area (Å²) in [4.78, 5) is 36.2. The molecule has 4 aromatic rings. The average molecular weight is 666 g/mol. The van der Waals surface area contributed by atoms with Crippen molar-refractivity contribution < 1.29 is 27.5 Å². The van der Waals surface area contributed by atoms with Gasteiger partial charge in [-0.15, -0.1) is 18.3 Å². The molecule has 0 radical (unpaired) electrons. The molecule has 1 atom stereocenters. The lowest BCUT2D eigenvalue weighted by Crippen LogP contribution is -2.46. The van der Waals surface area contributed by atoms with Crippen molar-refractivity contribution in [2.45, 2.75) is 52.1 Å². The summed E-state index contributed by atoms with van der Waals surface area (Å²) in [6, 6.07) is 19.9. The number of nitrogens with one attached hydrogen (secondary N) is 2. The Balaban J connectivity index is 1.25. The number of carbonyl (C=O) groups excluding carboxylic acids is 2. The summed E-state index contributed by atoms with van der Waals surface area (Å²) < 4.78 is 42.7. The number of amides is 3. The highest BCUT2D eigenvalue weighted by Crippen LogP contribution is 2.36. The van der Waals surface area contributed by atoms with E-state index in [0.717, 1.165) is 22.4 Å². The molecule has 1 fully saturated rings. The van der Waals surface area contributed by atoms with E-state index in [1.54, 1.807) is 0 Å². The first-order valence-electron chi connectivity index (χ1n) is 14.9. The standard InChI is InChI=1S/C33H34F3N7O3S/c1-5-37-27(39-30(45)40-31-43(28(44)19-47-31)26-9-7-6-8-25(26)32(2,3)4)18-21-10-12-22(13-11-21)29-38-20-42(41-29)23-14-16-24(17-15-23)46-33(34,35)36/h6-17,20,27,37H,5,18-19H2,1-4H3,(H,39,45)/b40-31-. The number of aromatic nitrogens is 3. The summed E-state index contributed by atoms with van der Waals surface area (Å²) in [7, 11) is 0. The zero-order valence-electron chi connectivity index (χ0n) is 26.2. The number of thioether (sulfide) groups is 1. The number of rotatable bonds is 9. The number of amidine groups is 1. The van der Waals surface area contributed by atoms with Crippen LogP contribution in [0.2, 0.25) is 0 Å². The number of halogens is 3. The molecular weight excluding hydrogens is 631 g/mol. The monoisotopic (exact) mass is 665 g/mol. The van der Waals surface area contributed by atoms with Crippen molar-refractivity contribution in [2.75, 3.05) is 17.2 Å². The lowest BCUT2D eigenvalue weighted by atomic mass is 9.85. The largest absolute Gasteiger partial charge is 0.573 e. The summed E-state index contributed by atoms with van der Waals surface area (Å²) in [6.45, 7) is 8.75. The Bertz CT molecular complexity index is 1750. The van der Waals surface area contributed by atoms with Crippen molar-refractivity contribution >= 4 is 34.6 Å². The maximum Gasteiger partial charge on any atom is 0.573 e. The van der Waals surface area contributed by atoms with Gasteiger partial charge in [0.25, 0.3) is 0 Å². The second-order valence-corrected chi connectivity index (χ2v) is 12.6. The average Bonchev–Trinajstić information content (AvgIpc) is 3.64. The maximum absolute atomic E-state index is 13.1. The summed E-state index contributed by atoms with van der Waals surface area (Å²) in [5, 5.41) is 11.0. The van der Waals surface area contributed by atoms with Crippen LogP contribution in [-0.2, 0) is 16.6 Å². The number of anilines is 1. The van der Waals surface area contributed by atoms with Gasteiger partial charge in [0.15, 0.2) is 11.0 Å². The van der Waals surface area contributed by atoms with Gasteiger partial charge in [-0.3, -0.25) is 15.0 Å². The molecular formula is C33H34F3N7O3S. The summed E-state index contributed by atoms with van der Waals surface area (Å²) in [6.07, 6.45) is -3.26. The highest BCUT2D eigenvalue weighted by atomic mass is 32.2. The fourth-order valence-electron chi connectivity index (χ4n) is 5.02. The number of aliphatic imine (C=N–C) groups is 1. The molecule has 2 N–H and O–H groups in total. The fourth-order valence-corrected chi connectivity index (χ4v) is 5.88. The van der Waals surface area contributed by atoms with E-state index < -0.39 is 18.6 Å². The highest BCUT2D eigenvalue weighted by Gasteiger charge is 2.34. The van der Waals surface area contributed by atoms with Gasteiger partial charge in [-0.1, -0.05) is 81.9 Å².